The fourth-order valence-electron chi connectivity index (χ4n) is 6.11. The first-order valence-corrected chi connectivity index (χ1v) is 14.5. The zero-order valence-corrected chi connectivity index (χ0v) is 24.0. The van der Waals surface area contributed by atoms with E-state index in [-0.39, 0.29) is 12.3 Å². The van der Waals surface area contributed by atoms with Gasteiger partial charge in [-0.1, -0.05) is 127 Å². The van der Waals surface area contributed by atoms with Crippen LogP contribution < -0.4 is 0 Å². The third-order valence-corrected chi connectivity index (χ3v) is 8.35. The van der Waals surface area contributed by atoms with Crippen LogP contribution in [0.25, 0.3) is 16.5 Å². The van der Waals surface area contributed by atoms with E-state index < -0.39 is 17.4 Å². The SMILES string of the molecule is CN(C(=O)C1(c2c(Cc3ccccc3)oc3ccccc23)C=CC(c2ccccc2)=CC1)[C@@H](Cc1ccccc1)C(=O)O. The average Bonchev–Trinajstić information content (AvgIpc) is 3.42. The number of allylic oxidation sites excluding steroid dienone is 3. The summed E-state index contributed by atoms with van der Waals surface area (Å²) in [6.45, 7) is 0. The summed E-state index contributed by atoms with van der Waals surface area (Å²) in [5.41, 5.74) is 4.30. The molecule has 43 heavy (non-hydrogen) atoms. The first kappa shape index (κ1) is 28.0. The normalized spacial score (nSPS) is 16.9. The van der Waals surface area contributed by atoms with E-state index in [4.69, 9.17) is 4.42 Å². The van der Waals surface area contributed by atoms with E-state index in [1.807, 2.05) is 127 Å². The Morgan fingerprint density at radius 3 is 2.07 bits per heavy atom. The predicted octanol–water partition coefficient (Wildman–Crippen LogP) is 7.46. The van der Waals surface area contributed by atoms with E-state index in [1.165, 1.54) is 4.90 Å². The number of furan rings is 1. The van der Waals surface area contributed by atoms with Crippen molar-refractivity contribution in [2.45, 2.75) is 30.7 Å². The van der Waals surface area contributed by atoms with Gasteiger partial charge in [0.05, 0.1) is 5.41 Å². The Balaban J connectivity index is 1.49. The zero-order chi connectivity index (χ0) is 29.8. The Labute approximate surface area is 251 Å². The zero-order valence-electron chi connectivity index (χ0n) is 24.0. The summed E-state index contributed by atoms with van der Waals surface area (Å²) in [4.78, 5) is 28.9. The number of carboxylic acid groups (broad SMARTS) is 1. The molecule has 0 radical (unpaired) electrons. The highest BCUT2D eigenvalue weighted by molar-refractivity contribution is 6.00. The van der Waals surface area contributed by atoms with Crippen LogP contribution in [-0.2, 0) is 27.8 Å². The van der Waals surface area contributed by atoms with Crippen molar-refractivity contribution in [2.24, 2.45) is 0 Å². The Hall–Kier alpha value is -5.16. The molecule has 1 N–H and O–H groups in total. The second-order valence-corrected chi connectivity index (χ2v) is 11.1. The van der Waals surface area contributed by atoms with Crippen LogP contribution in [0.15, 0.2) is 138 Å². The number of hydrogen-bond acceptors (Lipinski definition) is 3. The van der Waals surface area contributed by atoms with Crippen molar-refractivity contribution in [3.05, 3.63) is 162 Å². The molecule has 0 spiro atoms. The number of carbonyl (C=O) groups excluding carboxylic acids is 1. The number of nitrogens with zero attached hydrogens (tertiary/aromatic N) is 1. The summed E-state index contributed by atoms with van der Waals surface area (Å²) >= 11 is 0. The number of amides is 1. The van der Waals surface area contributed by atoms with Gasteiger partial charge in [-0.05, 0) is 34.8 Å². The summed E-state index contributed by atoms with van der Waals surface area (Å²) in [5, 5.41) is 11.2. The van der Waals surface area contributed by atoms with Gasteiger partial charge in [0.25, 0.3) is 0 Å². The van der Waals surface area contributed by atoms with Crippen LogP contribution in [0, 0.1) is 0 Å². The monoisotopic (exact) mass is 567 g/mol. The molecule has 1 unspecified atom stereocenters. The van der Waals surface area contributed by atoms with E-state index in [1.54, 1.807) is 7.05 Å². The van der Waals surface area contributed by atoms with Gasteiger partial charge < -0.3 is 14.4 Å². The smallest absolute Gasteiger partial charge is 0.326 e. The third kappa shape index (κ3) is 5.54. The van der Waals surface area contributed by atoms with E-state index in [2.05, 4.69) is 6.08 Å². The number of fused-ring (bicyclic) bond motifs is 1. The summed E-state index contributed by atoms with van der Waals surface area (Å²) in [5.74, 6) is -0.627. The second kappa shape index (κ2) is 12.0. The molecule has 1 aliphatic carbocycles. The Morgan fingerprint density at radius 2 is 1.44 bits per heavy atom. The van der Waals surface area contributed by atoms with Crippen LogP contribution in [0.4, 0.5) is 0 Å². The molecule has 0 saturated heterocycles. The summed E-state index contributed by atoms with van der Waals surface area (Å²) in [6, 6.07) is 36.3. The predicted molar refractivity (Wildman–Crippen MR) is 170 cm³/mol. The van der Waals surface area contributed by atoms with Crippen LogP contribution >= 0.6 is 0 Å². The lowest BCUT2D eigenvalue weighted by molar-refractivity contribution is -0.150. The first-order chi connectivity index (χ1) is 21.0. The molecule has 0 fully saturated rings. The van der Waals surface area contributed by atoms with Gasteiger partial charge in [0.2, 0.25) is 5.91 Å². The van der Waals surface area contributed by atoms with Gasteiger partial charge in [0.1, 0.15) is 17.4 Å². The molecular formula is C38H33NO4. The molecule has 1 aromatic heterocycles. The van der Waals surface area contributed by atoms with Crippen molar-refractivity contribution in [3.63, 3.8) is 0 Å². The van der Waals surface area contributed by atoms with Crippen molar-refractivity contribution in [1.82, 2.24) is 4.90 Å². The molecule has 0 bridgehead atoms. The summed E-state index contributed by atoms with van der Waals surface area (Å²) in [7, 11) is 1.61. The molecule has 2 atom stereocenters. The molecule has 5 heteroatoms. The first-order valence-electron chi connectivity index (χ1n) is 14.5. The van der Waals surface area contributed by atoms with Gasteiger partial charge in [-0.15, -0.1) is 0 Å². The average molecular weight is 568 g/mol. The van der Waals surface area contributed by atoms with Gasteiger partial charge in [-0.25, -0.2) is 4.79 Å². The van der Waals surface area contributed by atoms with E-state index in [0.717, 1.165) is 33.2 Å². The number of rotatable bonds is 9. The molecule has 5 aromatic rings. The topological polar surface area (TPSA) is 70.8 Å². The van der Waals surface area contributed by atoms with Crippen molar-refractivity contribution in [3.8, 4) is 0 Å². The molecule has 4 aromatic carbocycles. The standard InChI is InChI=1S/C38H33NO4/c1-39(32(36(40)41)25-27-13-5-2-6-14-27)37(42)38(23-21-30(22-24-38)29-17-9-4-10-18-29)35-31-19-11-12-20-33(31)43-34(35)26-28-15-7-3-8-16-28/h2-23,32H,24-26H2,1H3,(H,40,41)/t32-,38?/m0/s1. The fourth-order valence-corrected chi connectivity index (χ4v) is 6.11. The van der Waals surface area contributed by atoms with Crippen molar-refractivity contribution in [1.29, 1.82) is 0 Å². The highest BCUT2D eigenvalue weighted by atomic mass is 16.4. The van der Waals surface area contributed by atoms with E-state index in [9.17, 15) is 14.7 Å². The van der Waals surface area contributed by atoms with Crippen molar-refractivity contribution < 1.29 is 19.1 Å². The maximum absolute atomic E-state index is 14.9. The number of aliphatic carboxylic acids is 1. The van der Waals surface area contributed by atoms with Gasteiger partial charge in [-0.2, -0.15) is 0 Å². The number of carbonyl (C=O) groups is 2. The summed E-state index contributed by atoms with van der Waals surface area (Å²) < 4.78 is 6.48. The van der Waals surface area contributed by atoms with Crippen molar-refractivity contribution in [2.75, 3.05) is 7.05 Å². The van der Waals surface area contributed by atoms with E-state index in [0.29, 0.717) is 24.2 Å². The van der Waals surface area contributed by atoms with E-state index >= 15 is 0 Å². The molecular weight excluding hydrogens is 534 g/mol. The second-order valence-electron chi connectivity index (χ2n) is 11.1. The Bertz CT molecular complexity index is 1800. The molecule has 1 amide bonds. The van der Waals surface area contributed by atoms with Gasteiger partial charge >= 0.3 is 5.97 Å². The fraction of sp³-hybridized carbons (Fsp3) is 0.158. The van der Waals surface area contributed by atoms with Gasteiger partial charge in [-0.3, -0.25) is 4.79 Å². The molecule has 5 nitrogen and oxygen atoms in total. The molecule has 6 rings (SSSR count). The molecule has 1 aliphatic rings. The van der Waals surface area contributed by atoms with Crippen LogP contribution in [0.2, 0.25) is 0 Å². The van der Waals surface area contributed by atoms with Gasteiger partial charge in [0, 0.05) is 30.8 Å². The van der Waals surface area contributed by atoms with Gasteiger partial charge in [0.15, 0.2) is 0 Å². The van der Waals surface area contributed by atoms with Crippen LogP contribution in [-0.4, -0.2) is 35.0 Å². The largest absolute Gasteiger partial charge is 0.480 e. The lowest BCUT2D eigenvalue weighted by atomic mass is 9.70. The highest BCUT2D eigenvalue weighted by Gasteiger charge is 2.46. The molecule has 214 valence electrons. The maximum Gasteiger partial charge on any atom is 0.326 e. The minimum Gasteiger partial charge on any atom is -0.480 e. The van der Waals surface area contributed by atoms with Crippen molar-refractivity contribution >= 4 is 28.4 Å². The third-order valence-electron chi connectivity index (χ3n) is 8.35. The van der Waals surface area contributed by atoms with Crippen LogP contribution in [0.5, 0.6) is 0 Å². The Morgan fingerprint density at radius 1 is 0.837 bits per heavy atom. The number of hydrogen-bond donors (Lipinski definition) is 1. The summed E-state index contributed by atoms with van der Waals surface area (Å²) in [6.07, 6.45) is 7.10. The number of benzene rings is 4. The molecule has 0 saturated carbocycles. The highest BCUT2D eigenvalue weighted by Crippen LogP contribution is 2.45. The van der Waals surface area contributed by atoms with Crippen LogP contribution in [0.1, 0.15) is 34.4 Å². The lowest BCUT2D eigenvalue weighted by Gasteiger charge is -2.37. The molecule has 0 aliphatic heterocycles. The number of carboxylic acids is 1. The molecule has 1 heterocycles. The minimum atomic E-state index is -1.17. The number of para-hydroxylation sites is 1. The maximum atomic E-state index is 14.9. The quantitative estimate of drug-likeness (QED) is 0.201. The van der Waals surface area contributed by atoms with Crippen LogP contribution in [0.3, 0.4) is 0 Å². The number of likely N-dealkylation sites (N-methyl/N-ethyl adjacent to an activating group) is 1. The lowest BCUT2D eigenvalue weighted by Crippen LogP contribution is -2.52. The Kier molecular flexibility index (Phi) is 7.80. The minimum absolute atomic E-state index is 0.201.